The highest BCUT2D eigenvalue weighted by molar-refractivity contribution is 7.79. The summed E-state index contributed by atoms with van der Waals surface area (Å²) in [6.45, 7) is -0.713. The summed E-state index contributed by atoms with van der Waals surface area (Å²) in [5.41, 5.74) is 17.3. The Bertz CT molecular complexity index is 604. The van der Waals surface area contributed by atoms with Crippen LogP contribution in [-0.4, -0.2) is 122 Å². The minimum absolute atomic E-state index is 0.179. The first kappa shape index (κ1) is 26.5. The molecular formula is C13H29N3O12S. The second-order valence-corrected chi connectivity index (χ2v) is 7.77. The zero-order valence-electron chi connectivity index (χ0n) is 15.1. The lowest BCUT2D eigenvalue weighted by molar-refractivity contribution is -0.303. The van der Waals surface area contributed by atoms with Gasteiger partial charge in [-0.2, -0.15) is 8.42 Å². The van der Waals surface area contributed by atoms with Crippen molar-refractivity contribution in [2.24, 2.45) is 17.2 Å². The van der Waals surface area contributed by atoms with Crippen molar-refractivity contribution in [3.8, 4) is 0 Å². The van der Waals surface area contributed by atoms with E-state index in [1.165, 1.54) is 0 Å². The maximum Gasteiger partial charge on any atom is 0.394 e. The Labute approximate surface area is 166 Å². The van der Waals surface area contributed by atoms with E-state index in [1.54, 1.807) is 0 Å². The average molecular weight is 451 g/mol. The van der Waals surface area contributed by atoms with E-state index in [9.17, 15) is 25.5 Å². The summed E-state index contributed by atoms with van der Waals surface area (Å²) in [5, 5.41) is 58.6. The minimum Gasteiger partial charge on any atom is -0.394 e. The summed E-state index contributed by atoms with van der Waals surface area (Å²) in [7, 11) is -4.67. The first-order valence-electron chi connectivity index (χ1n) is 8.47. The molecule has 0 bridgehead atoms. The molecule has 1 aliphatic carbocycles. The fourth-order valence-electron chi connectivity index (χ4n) is 3.08. The van der Waals surface area contributed by atoms with Crippen LogP contribution in [-0.2, 0) is 19.9 Å². The third-order valence-electron chi connectivity index (χ3n) is 4.64. The minimum atomic E-state index is -4.67. The predicted octanol–water partition coefficient (Wildman–Crippen LogP) is -6.37. The van der Waals surface area contributed by atoms with Crippen LogP contribution in [0.5, 0.6) is 0 Å². The molecule has 15 nitrogen and oxygen atoms in total. The second kappa shape index (κ2) is 10.6. The summed E-state index contributed by atoms with van der Waals surface area (Å²) < 4.78 is 42.5. The number of hydrogen-bond acceptors (Lipinski definition) is 13. The normalized spacial score (nSPS) is 44.5. The second-order valence-electron chi connectivity index (χ2n) is 6.87. The molecule has 1 saturated heterocycles. The Kier molecular flexibility index (Phi) is 9.71. The van der Waals surface area contributed by atoms with Gasteiger partial charge in [-0.1, -0.05) is 0 Å². The summed E-state index contributed by atoms with van der Waals surface area (Å²) in [5.74, 6) is 0. The number of aliphatic hydroxyl groups excluding tert-OH is 6. The lowest BCUT2D eigenvalue weighted by Crippen LogP contribution is -2.68. The number of hydrogen-bond donors (Lipinski definition) is 11. The van der Waals surface area contributed by atoms with Crippen molar-refractivity contribution in [3.63, 3.8) is 0 Å². The van der Waals surface area contributed by atoms with Crippen LogP contribution in [0.25, 0.3) is 0 Å². The molecule has 2 aliphatic rings. The van der Waals surface area contributed by atoms with Gasteiger partial charge in [0.15, 0.2) is 6.29 Å². The molecule has 1 heterocycles. The van der Waals surface area contributed by atoms with E-state index in [4.69, 9.17) is 49.3 Å². The lowest BCUT2D eigenvalue weighted by Gasteiger charge is -2.46. The monoisotopic (exact) mass is 451 g/mol. The van der Waals surface area contributed by atoms with Crippen LogP contribution < -0.4 is 17.2 Å². The van der Waals surface area contributed by atoms with Gasteiger partial charge in [0.2, 0.25) is 0 Å². The molecule has 0 radical (unpaired) electrons. The highest BCUT2D eigenvalue weighted by Crippen LogP contribution is 2.28. The molecule has 11 atom stereocenters. The van der Waals surface area contributed by atoms with E-state index in [0.717, 1.165) is 0 Å². The van der Waals surface area contributed by atoms with Crippen LogP contribution in [0, 0.1) is 0 Å². The van der Waals surface area contributed by atoms with E-state index in [2.05, 4.69) is 0 Å². The highest BCUT2D eigenvalue weighted by Gasteiger charge is 2.49. The van der Waals surface area contributed by atoms with E-state index < -0.39 is 84.1 Å². The third-order valence-corrected chi connectivity index (χ3v) is 4.64. The SMILES string of the molecule is N[C@H]1[C@@H](O[C@@H]2[C@@H](O)[C@H](O)[C@@H](N)C[C@H]2N)O[C@H]([C@@H](O)CO)[C@@H](O)[C@@H]1O.O=S(=O)(O)O. The summed E-state index contributed by atoms with van der Waals surface area (Å²) >= 11 is 0. The van der Waals surface area contributed by atoms with Crippen molar-refractivity contribution >= 4 is 10.4 Å². The van der Waals surface area contributed by atoms with Crippen molar-refractivity contribution in [2.75, 3.05) is 6.61 Å². The van der Waals surface area contributed by atoms with Gasteiger partial charge in [-0.05, 0) is 6.42 Å². The molecule has 0 unspecified atom stereocenters. The van der Waals surface area contributed by atoms with Crippen LogP contribution in [0.3, 0.4) is 0 Å². The number of rotatable bonds is 4. The van der Waals surface area contributed by atoms with E-state index in [-0.39, 0.29) is 6.42 Å². The van der Waals surface area contributed by atoms with Crippen molar-refractivity contribution in [1.82, 2.24) is 0 Å². The standard InChI is InChI=1S/C13H27N3O8.H2O4S/c14-3-1-4(15)11(9(21)7(3)19)23-13-6(16)8(20)10(22)12(24-13)5(18)2-17;1-5(2,3)4/h3-13,17-22H,1-2,14-16H2;(H2,1,2,3,4)/t3-,4+,5-,6+,7+,8+,9-,10-,11-,12+,13-;/m0./s1. The number of ether oxygens (including phenoxy) is 2. The van der Waals surface area contributed by atoms with Crippen LogP contribution in [0.1, 0.15) is 6.42 Å². The van der Waals surface area contributed by atoms with Crippen molar-refractivity contribution < 1.29 is 57.6 Å². The zero-order chi connectivity index (χ0) is 22.7. The molecule has 16 heteroatoms. The number of aliphatic hydroxyl groups is 6. The topological polar surface area (TPSA) is 292 Å². The Morgan fingerprint density at radius 3 is 1.97 bits per heavy atom. The van der Waals surface area contributed by atoms with Gasteiger partial charge in [0.25, 0.3) is 0 Å². The van der Waals surface area contributed by atoms with Gasteiger partial charge >= 0.3 is 10.4 Å². The fraction of sp³-hybridized carbons (Fsp3) is 1.00. The average Bonchev–Trinajstić information content (AvgIpc) is 2.61. The molecule has 29 heavy (non-hydrogen) atoms. The smallest absolute Gasteiger partial charge is 0.394 e. The van der Waals surface area contributed by atoms with Gasteiger partial charge in [0.05, 0.1) is 18.8 Å². The summed E-state index contributed by atoms with van der Waals surface area (Å²) in [4.78, 5) is 0. The molecule has 1 aliphatic heterocycles. The Balaban J connectivity index is 0.000000749. The van der Waals surface area contributed by atoms with Crippen LogP contribution in [0.2, 0.25) is 0 Å². The molecule has 174 valence electrons. The van der Waals surface area contributed by atoms with Crippen molar-refractivity contribution in [2.45, 2.75) is 73.6 Å². The maximum absolute atomic E-state index is 10.1. The van der Waals surface area contributed by atoms with Gasteiger partial charge < -0.3 is 57.3 Å². The zero-order valence-corrected chi connectivity index (χ0v) is 15.9. The number of nitrogens with two attached hydrogens (primary N) is 3. The molecule has 0 aromatic rings. The Hall–Kier alpha value is -0.570. The van der Waals surface area contributed by atoms with E-state index in [0.29, 0.717) is 0 Å². The van der Waals surface area contributed by atoms with Crippen LogP contribution in [0.4, 0.5) is 0 Å². The fourth-order valence-corrected chi connectivity index (χ4v) is 3.08. The van der Waals surface area contributed by atoms with Crippen LogP contribution >= 0.6 is 0 Å². The molecule has 0 aromatic carbocycles. The quantitative estimate of drug-likeness (QED) is 0.177. The Morgan fingerprint density at radius 1 is 0.966 bits per heavy atom. The van der Waals surface area contributed by atoms with Gasteiger partial charge in [-0.25, -0.2) is 0 Å². The van der Waals surface area contributed by atoms with Gasteiger partial charge in [-0.15, -0.1) is 0 Å². The molecular weight excluding hydrogens is 422 g/mol. The summed E-state index contributed by atoms with van der Waals surface area (Å²) in [6.07, 6.45) is -10.7. The molecule has 2 fully saturated rings. The van der Waals surface area contributed by atoms with Gasteiger partial charge in [0, 0.05) is 12.1 Å². The first-order valence-corrected chi connectivity index (χ1v) is 9.87. The molecule has 0 aromatic heterocycles. The lowest BCUT2D eigenvalue weighted by atomic mass is 9.84. The van der Waals surface area contributed by atoms with Gasteiger partial charge in [0.1, 0.15) is 36.6 Å². The van der Waals surface area contributed by atoms with Crippen molar-refractivity contribution in [3.05, 3.63) is 0 Å². The molecule has 0 spiro atoms. The predicted molar refractivity (Wildman–Crippen MR) is 93.4 cm³/mol. The van der Waals surface area contributed by atoms with Crippen molar-refractivity contribution in [1.29, 1.82) is 0 Å². The molecule has 1 saturated carbocycles. The maximum atomic E-state index is 10.1. The van der Waals surface area contributed by atoms with E-state index >= 15 is 0 Å². The molecule has 14 N–H and O–H groups in total. The largest absolute Gasteiger partial charge is 0.394 e. The molecule has 0 amide bonds. The third kappa shape index (κ3) is 7.26. The highest BCUT2D eigenvalue weighted by atomic mass is 32.3. The summed E-state index contributed by atoms with van der Waals surface area (Å²) in [6, 6.07) is -2.64. The first-order chi connectivity index (χ1) is 13.2. The van der Waals surface area contributed by atoms with E-state index in [1.807, 2.05) is 0 Å². The van der Waals surface area contributed by atoms with Crippen LogP contribution in [0.15, 0.2) is 0 Å². The van der Waals surface area contributed by atoms with Gasteiger partial charge in [-0.3, -0.25) is 9.11 Å². The molecule has 2 rings (SSSR count). The Morgan fingerprint density at radius 2 is 1.48 bits per heavy atom.